The Morgan fingerprint density at radius 3 is 2.29 bits per heavy atom. The SMILES string of the molecule is C=C[C@@H]1CC1(NC(=O)C1C[C@@H](Oc2cc(-c3ccccc3)nc3cc(OC)ccc23)CN1C(=O)[C@@H](NC(=O)C(C)(C)C)C(C)(C)C)C(=O)NS(=O)(=O)C1CC1. The maximum absolute atomic E-state index is 14.7. The Balaban J connectivity index is 1.35. The lowest BCUT2D eigenvalue weighted by molar-refractivity contribution is -0.145. The second-order valence-electron chi connectivity index (χ2n) is 16.9. The molecule has 14 heteroatoms. The third-order valence-electron chi connectivity index (χ3n) is 10.5. The predicted octanol–water partition coefficient (Wildman–Crippen LogP) is 4.51. The summed E-state index contributed by atoms with van der Waals surface area (Å²) in [5.74, 6) is -1.74. The van der Waals surface area contributed by atoms with E-state index in [2.05, 4.69) is 21.9 Å². The number of nitrogens with one attached hydrogen (secondary N) is 3. The lowest BCUT2D eigenvalue weighted by Gasteiger charge is -2.37. The zero-order valence-corrected chi connectivity index (χ0v) is 33.3. The summed E-state index contributed by atoms with van der Waals surface area (Å²) < 4.78 is 39.9. The molecule has 0 spiro atoms. The highest BCUT2D eigenvalue weighted by atomic mass is 32.2. The highest BCUT2D eigenvalue weighted by Gasteiger charge is 2.62. The van der Waals surface area contributed by atoms with Crippen molar-refractivity contribution in [1.29, 1.82) is 0 Å². The first-order chi connectivity index (χ1) is 25.8. The maximum Gasteiger partial charge on any atom is 0.259 e. The van der Waals surface area contributed by atoms with Crippen molar-refractivity contribution in [2.45, 2.75) is 96.2 Å². The van der Waals surface area contributed by atoms with E-state index in [0.29, 0.717) is 40.9 Å². The van der Waals surface area contributed by atoms with Crippen molar-refractivity contribution in [3.63, 3.8) is 0 Å². The Bertz CT molecular complexity index is 2120. The molecule has 2 aliphatic carbocycles. The molecule has 6 rings (SSSR count). The topological polar surface area (TPSA) is 173 Å². The molecule has 0 radical (unpaired) electrons. The average molecular weight is 774 g/mol. The van der Waals surface area contributed by atoms with E-state index >= 15 is 0 Å². The van der Waals surface area contributed by atoms with Crippen LogP contribution in [0.4, 0.5) is 0 Å². The van der Waals surface area contributed by atoms with Crippen molar-refractivity contribution in [1.82, 2.24) is 25.2 Å². The van der Waals surface area contributed by atoms with Gasteiger partial charge in [0.15, 0.2) is 0 Å². The van der Waals surface area contributed by atoms with E-state index < -0.39 is 73.5 Å². The number of rotatable bonds is 12. The minimum atomic E-state index is -3.90. The standard InChI is InChI=1S/C41H51N5O8S/c1-9-25-22-41(25,38(50)45-55(51,52)28-16-17-28)44-35(47)32-20-27(23-46(32)36(48)34(39(2,3)4)43-37(49)40(5,6)7)54-33-21-30(24-13-11-10-12-14-24)42-31-19-26(53-8)15-18-29(31)33/h9-15,18-19,21,25,27-28,32,34H,1,16-17,20,22-23H2,2-8H3,(H,43,49)(H,44,47)(H,45,50)/t25-,27-,32?,34-,41?/m1/s1. The molecule has 3 aliphatic rings. The molecule has 55 heavy (non-hydrogen) atoms. The smallest absolute Gasteiger partial charge is 0.259 e. The number of carbonyl (C=O) groups is 4. The normalized spacial score (nSPS) is 23.0. The number of fused-ring (bicyclic) bond motifs is 1. The lowest BCUT2D eigenvalue weighted by Crippen LogP contribution is -2.60. The summed E-state index contributed by atoms with van der Waals surface area (Å²) >= 11 is 0. The van der Waals surface area contributed by atoms with Gasteiger partial charge in [0.1, 0.15) is 35.2 Å². The van der Waals surface area contributed by atoms with Crippen LogP contribution in [0.25, 0.3) is 22.2 Å². The summed E-state index contributed by atoms with van der Waals surface area (Å²) in [5, 5.41) is 5.81. The summed E-state index contributed by atoms with van der Waals surface area (Å²) in [4.78, 5) is 62.2. The van der Waals surface area contributed by atoms with Crippen LogP contribution >= 0.6 is 0 Å². The van der Waals surface area contributed by atoms with Gasteiger partial charge in [0.2, 0.25) is 27.7 Å². The molecule has 3 fully saturated rings. The molecule has 1 saturated heterocycles. The number of pyridine rings is 1. The number of aromatic nitrogens is 1. The van der Waals surface area contributed by atoms with Gasteiger partial charge in [0.05, 0.1) is 30.1 Å². The largest absolute Gasteiger partial charge is 0.497 e. The van der Waals surface area contributed by atoms with Crippen molar-refractivity contribution >= 4 is 44.6 Å². The Labute approximate surface area is 322 Å². The van der Waals surface area contributed by atoms with Crippen molar-refractivity contribution in [3.8, 4) is 22.8 Å². The molecule has 0 bridgehead atoms. The fraction of sp³-hybridized carbons (Fsp3) is 0.488. The number of nitrogens with zero attached hydrogens (tertiary/aromatic N) is 2. The molecule has 2 saturated carbocycles. The fourth-order valence-electron chi connectivity index (χ4n) is 6.89. The van der Waals surface area contributed by atoms with Gasteiger partial charge in [-0.1, -0.05) is 78.0 Å². The summed E-state index contributed by atoms with van der Waals surface area (Å²) in [6.07, 6.45) is 1.92. The van der Waals surface area contributed by atoms with Crippen LogP contribution in [-0.2, 0) is 29.2 Å². The lowest BCUT2D eigenvalue weighted by atomic mass is 9.84. The van der Waals surface area contributed by atoms with E-state index in [-0.39, 0.29) is 25.3 Å². The molecule has 3 N–H and O–H groups in total. The van der Waals surface area contributed by atoms with Gasteiger partial charge in [-0.2, -0.15) is 0 Å². The number of hydrogen-bond donors (Lipinski definition) is 3. The molecule has 4 amide bonds. The quantitative estimate of drug-likeness (QED) is 0.224. The highest BCUT2D eigenvalue weighted by Crippen LogP contribution is 2.46. The Kier molecular flexibility index (Phi) is 10.5. The first kappa shape index (κ1) is 39.7. The van der Waals surface area contributed by atoms with E-state index in [0.717, 1.165) is 5.56 Å². The molecule has 1 aromatic heterocycles. The maximum atomic E-state index is 14.7. The molecular weight excluding hydrogens is 723 g/mol. The van der Waals surface area contributed by atoms with Crippen molar-refractivity contribution in [3.05, 3.63) is 67.3 Å². The second kappa shape index (κ2) is 14.6. The van der Waals surface area contributed by atoms with Crippen LogP contribution in [-0.4, -0.2) is 84.6 Å². The molecule has 5 atom stereocenters. The summed E-state index contributed by atoms with van der Waals surface area (Å²) in [7, 11) is -2.33. The number of methoxy groups -OCH3 is 1. The van der Waals surface area contributed by atoms with Gasteiger partial charge in [-0.25, -0.2) is 13.4 Å². The van der Waals surface area contributed by atoms with Crippen LogP contribution in [0, 0.1) is 16.7 Å². The van der Waals surface area contributed by atoms with Gasteiger partial charge in [0.25, 0.3) is 5.91 Å². The van der Waals surface area contributed by atoms with Crippen LogP contribution < -0.4 is 24.8 Å². The molecule has 294 valence electrons. The van der Waals surface area contributed by atoms with Gasteiger partial charge in [-0.05, 0) is 36.8 Å². The third-order valence-corrected chi connectivity index (χ3v) is 12.3. The molecule has 3 aromatic rings. The third kappa shape index (κ3) is 8.34. The number of likely N-dealkylation sites (tertiary alicyclic amines) is 1. The van der Waals surface area contributed by atoms with Crippen LogP contribution in [0.1, 0.15) is 67.2 Å². The fourth-order valence-corrected chi connectivity index (χ4v) is 8.26. The first-order valence-corrected chi connectivity index (χ1v) is 20.1. The number of sulfonamides is 1. The van der Waals surface area contributed by atoms with Crippen LogP contribution in [0.3, 0.4) is 0 Å². The van der Waals surface area contributed by atoms with Crippen molar-refractivity contribution in [2.24, 2.45) is 16.7 Å². The van der Waals surface area contributed by atoms with E-state index in [9.17, 15) is 27.6 Å². The van der Waals surface area contributed by atoms with Crippen LogP contribution in [0.2, 0.25) is 0 Å². The Morgan fingerprint density at radius 1 is 1.02 bits per heavy atom. The summed E-state index contributed by atoms with van der Waals surface area (Å²) in [5.41, 5.74) is -0.993. The number of carbonyl (C=O) groups excluding carboxylic acids is 4. The van der Waals surface area contributed by atoms with E-state index in [4.69, 9.17) is 14.5 Å². The zero-order valence-electron chi connectivity index (χ0n) is 32.5. The summed E-state index contributed by atoms with van der Waals surface area (Å²) in [6, 6.07) is 14.7. The Morgan fingerprint density at radius 2 is 1.71 bits per heavy atom. The predicted molar refractivity (Wildman–Crippen MR) is 208 cm³/mol. The number of ether oxygens (including phenoxy) is 2. The number of hydrogen-bond acceptors (Lipinski definition) is 9. The first-order valence-electron chi connectivity index (χ1n) is 18.6. The molecule has 13 nitrogen and oxygen atoms in total. The average Bonchev–Trinajstić information content (AvgIpc) is 4.06. The molecule has 2 unspecified atom stereocenters. The van der Waals surface area contributed by atoms with Gasteiger partial charge in [-0.15, -0.1) is 6.58 Å². The zero-order chi connectivity index (χ0) is 40.1. The van der Waals surface area contributed by atoms with Gasteiger partial charge < -0.3 is 25.0 Å². The molecule has 1 aliphatic heterocycles. The highest BCUT2D eigenvalue weighted by molar-refractivity contribution is 7.91. The van der Waals surface area contributed by atoms with Gasteiger partial charge >= 0.3 is 0 Å². The second-order valence-corrected chi connectivity index (χ2v) is 18.9. The summed E-state index contributed by atoms with van der Waals surface area (Å²) in [6.45, 7) is 14.5. The van der Waals surface area contributed by atoms with Gasteiger partial charge in [-0.3, -0.25) is 23.9 Å². The monoisotopic (exact) mass is 773 g/mol. The Hall–Kier alpha value is -4.98. The number of benzene rings is 2. The van der Waals surface area contributed by atoms with Crippen molar-refractivity contribution < 1.29 is 37.1 Å². The molecular formula is C41H51N5O8S. The van der Waals surface area contributed by atoms with Crippen LogP contribution in [0.5, 0.6) is 11.5 Å². The minimum Gasteiger partial charge on any atom is -0.497 e. The van der Waals surface area contributed by atoms with E-state index in [1.165, 1.54) is 11.0 Å². The minimum absolute atomic E-state index is 0.0182. The van der Waals surface area contributed by atoms with E-state index in [1.807, 2.05) is 63.2 Å². The van der Waals surface area contributed by atoms with E-state index in [1.54, 1.807) is 40.0 Å². The van der Waals surface area contributed by atoms with Crippen molar-refractivity contribution in [2.75, 3.05) is 13.7 Å². The van der Waals surface area contributed by atoms with Crippen LogP contribution in [0.15, 0.2) is 67.3 Å². The van der Waals surface area contributed by atoms with Gasteiger partial charge in [0, 0.05) is 40.8 Å². The number of amides is 4. The molecule has 2 heterocycles. The molecule has 2 aromatic carbocycles.